The Hall–Kier alpha value is -0.570. The molecule has 0 amide bonds. The van der Waals surface area contributed by atoms with Crippen molar-refractivity contribution < 1.29 is 4.74 Å². The first kappa shape index (κ1) is 14.5. The van der Waals surface area contributed by atoms with Gasteiger partial charge in [0.1, 0.15) is 0 Å². The molecule has 1 rings (SSSR count). The van der Waals surface area contributed by atoms with Crippen LogP contribution in [0.2, 0.25) is 0 Å². The lowest BCUT2D eigenvalue weighted by Crippen LogP contribution is -2.29. The molecule has 0 aromatic heterocycles. The molecule has 0 aliphatic heterocycles. The summed E-state index contributed by atoms with van der Waals surface area (Å²) in [5.41, 5.74) is 4.11. The maximum Gasteiger partial charge on any atom is 0.0589 e. The molecule has 2 nitrogen and oxygen atoms in total. The number of rotatable bonds is 7. The van der Waals surface area contributed by atoms with Gasteiger partial charge in [0.05, 0.1) is 6.61 Å². The van der Waals surface area contributed by atoms with E-state index in [1.54, 1.807) is 7.11 Å². The third-order valence-electron chi connectivity index (χ3n) is 3.04. The summed E-state index contributed by atoms with van der Waals surface area (Å²) in [6, 6.07) is 6.43. The van der Waals surface area contributed by atoms with Crippen LogP contribution >= 0.6 is 11.6 Å². The fraction of sp³-hybridized carbons (Fsp3) is 0.571. The Labute approximate surface area is 110 Å². The van der Waals surface area contributed by atoms with Gasteiger partial charge in [0.2, 0.25) is 0 Å². The Bertz CT molecular complexity index is 321. The molecule has 1 aromatic rings. The van der Waals surface area contributed by atoms with Gasteiger partial charge < -0.3 is 4.74 Å². The summed E-state index contributed by atoms with van der Waals surface area (Å²) < 4.78 is 5.13. The Kier molecular flexibility index (Phi) is 6.56. The van der Waals surface area contributed by atoms with E-state index in [4.69, 9.17) is 16.3 Å². The molecule has 0 atom stereocenters. The first-order valence-corrected chi connectivity index (χ1v) is 6.54. The van der Waals surface area contributed by atoms with Gasteiger partial charge >= 0.3 is 0 Å². The van der Waals surface area contributed by atoms with Gasteiger partial charge in [0.25, 0.3) is 0 Å². The van der Waals surface area contributed by atoms with Crippen molar-refractivity contribution in [3.05, 3.63) is 34.9 Å². The van der Waals surface area contributed by atoms with E-state index in [9.17, 15) is 0 Å². The fourth-order valence-electron chi connectivity index (χ4n) is 1.93. The second-order valence-corrected chi connectivity index (χ2v) is 4.71. The monoisotopic (exact) mass is 255 g/mol. The molecule has 0 fully saturated rings. The molecule has 0 aliphatic rings. The third kappa shape index (κ3) is 4.66. The minimum atomic E-state index is 0.661. The topological polar surface area (TPSA) is 12.5 Å². The highest BCUT2D eigenvalue weighted by Gasteiger charge is 2.09. The number of benzene rings is 1. The lowest BCUT2D eigenvalue weighted by Gasteiger charge is -2.23. The molecule has 3 heteroatoms. The fourth-order valence-corrected chi connectivity index (χ4v) is 2.17. The van der Waals surface area contributed by atoms with E-state index in [0.29, 0.717) is 5.88 Å². The molecule has 0 saturated carbocycles. The zero-order valence-corrected chi connectivity index (χ0v) is 11.8. The van der Waals surface area contributed by atoms with Crippen LogP contribution in [0.4, 0.5) is 0 Å². The predicted octanol–water partition coefficient (Wildman–Crippen LogP) is 2.99. The van der Waals surface area contributed by atoms with Gasteiger partial charge in [0.15, 0.2) is 0 Å². The lowest BCUT2D eigenvalue weighted by molar-refractivity contribution is 0.147. The standard InChI is InChI=1S/C14H22ClNO/c1-12-5-4-6-13(2)14(12)11-16(8-7-15)9-10-17-3/h4-6H,7-11H2,1-3H3. The summed E-state index contributed by atoms with van der Waals surface area (Å²) in [6.07, 6.45) is 0. The smallest absolute Gasteiger partial charge is 0.0589 e. The van der Waals surface area contributed by atoms with Gasteiger partial charge in [0, 0.05) is 32.6 Å². The van der Waals surface area contributed by atoms with E-state index in [1.807, 2.05) is 0 Å². The molecule has 0 saturated heterocycles. The second-order valence-electron chi connectivity index (χ2n) is 4.33. The van der Waals surface area contributed by atoms with Crippen molar-refractivity contribution >= 4 is 11.6 Å². The Morgan fingerprint density at radius 3 is 2.35 bits per heavy atom. The van der Waals surface area contributed by atoms with Crippen molar-refractivity contribution in [2.45, 2.75) is 20.4 Å². The molecule has 96 valence electrons. The lowest BCUT2D eigenvalue weighted by atomic mass is 10.0. The minimum Gasteiger partial charge on any atom is -0.383 e. The summed E-state index contributed by atoms with van der Waals surface area (Å²) in [5, 5.41) is 0. The molecule has 1 aromatic carbocycles. The summed E-state index contributed by atoms with van der Waals surface area (Å²) >= 11 is 5.84. The molecular weight excluding hydrogens is 234 g/mol. The highest BCUT2D eigenvalue weighted by atomic mass is 35.5. The predicted molar refractivity (Wildman–Crippen MR) is 73.8 cm³/mol. The number of hydrogen-bond donors (Lipinski definition) is 0. The average molecular weight is 256 g/mol. The summed E-state index contributed by atoms with van der Waals surface area (Å²) in [7, 11) is 1.73. The van der Waals surface area contributed by atoms with E-state index in [0.717, 1.165) is 26.2 Å². The van der Waals surface area contributed by atoms with Gasteiger partial charge in [-0.25, -0.2) is 0 Å². The van der Waals surface area contributed by atoms with Crippen LogP contribution < -0.4 is 0 Å². The van der Waals surface area contributed by atoms with Crippen molar-refractivity contribution in [1.29, 1.82) is 0 Å². The van der Waals surface area contributed by atoms with E-state index >= 15 is 0 Å². The van der Waals surface area contributed by atoms with Crippen LogP contribution in [0, 0.1) is 13.8 Å². The van der Waals surface area contributed by atoms with Crippen LogP contribution in [0.5, 0.6) is 0 Å². The van der Waals surface area contributed by atoms with Gasteiger partial charge in [-0.3, -0.25) is 4.90 Å². The van der Waals surface area contributed by atoms with Crippen molar-refractivity contribution in [3.8, 4) is 0 Å². The van der Waals surface area contributed by atoms with Gasteiger partial charge in [-0.05, 0) is 30.5 Å². The van der Waals surface area contributed by atoms with Crippen molar-refractivity contribution in [2.75, 3.05) is 32.7 Å². The molecule has 0 heterocycles. The van der Waals surface area contributed by atoms with Crippen LogP contribution in [0.15, 0.2) is 18.2 Å². The second kappa shape index (κ2) is 7.70. The Morgan fingerprint density at radius 1 is 1.18 bits per heavy atom. The summed E-state index contributed by atoms with van der Waals surface area (Å²) in [4.78, 5) is 2.34. The molecule has 0 spiro atoms. The summed E-state index contributed by atoms with van der Waals surface area (Å²) in [6.45, 7) is 7.86. The molecular formula is C14H22ClNO. The van der Waals surface area contributed by atoms with Gasteiger partial charge in [-0.2, -0.15) is 0 Å². The Morgan fingerprint density at radius 2 is 1.82 bits per heavy atom. The van der Waals surface area contributed by atoms with Crippen LogP contribution in [-0.4, -0.2) is 37.6 Å². The molecule has 0 N–H and O–H groups in total. The molecule has 0 bridgehead atoms. The van der Waals surface area contributed by atoms with E-state index in [-0.39, 0.29) is 0 Å². The van der Waals surface area contributed by atoms with E-state index < -0.39 is 0 Å². The highest BCUT2D eigenvalue weighted by molar-refractivity contribution is 6.18. The number of aryl methyl sites for hydroxylation is 2. The largest absolute Gasteiger partial charge is 0.383 e. The average Bonchev–Trinajstić information content (AvgIpc) is 2.31. The zero-order valence-electron chi connectivity index (χ0n) is 11.0. The van der Waals surface area contributed by atoms with E-state index in [1.165, 1.54) is 16.7 Å². The maximum atomic E-state index is 5.84. The SMILES string of the molecule is COCCN(CCCl)Cc1c(C)cccc1C. The first-order valence-electron chi connectivity index (χ1n) is 6.01. The zero-order chi connectivity index (χ0) is 12.7. The normalized spacial score (nSPS) is 11.1. The first-order chi connectivity index (χ1) is 8.19. The molecule has 0 unspecified atom stereocenters. The number of ether oxygens (including phenoxy) is 1. The third-order valence-corrected chi connectivity index (χ3v) is 3.21. The van der Waals surface area contributed by atoms with E-state index in [2.05, 4.69) is 36.9 Å². The number of alkyl halides is 1. The van der Waals surface area contributed by atoms with Crippen molar-refractivity contribution in [1.82, 2.24) is 4.90 Å². The molecule has 17 heavy (non-hydrogen) atoms. The van der Waals surface area contributed by atoms with Crippen LogP contribution in [-0.2, 0) is 11.3 Å². The van der Waals surface area contributed by atoms with Gasteiger partial charge in [-0.1, -0.05) is 18.2 Å². The minimum absolute atomic E-state index is 0.661. The molecule has 0 radical (unpaired) electrons. The van der Waals surface area contributed by atoms with Crippen LogP contribution in [0.1, 0.15) is 16.7 Å². The summed E-state index contributed by atoms with van der Waals surface area (Å²) in [5.74, 6) is 0.661. The Balaban J connectivity index is 2.70. The number of nitrogens with zero attached hydrogens (tertiary/aromatic N) is 1. The van der Waals surface area contributed by atoms with Crippen LogP contribution in [0.3, 0.4) is 0 Å². The van der Waals surface area contributed by atoms with Crippen molar-refractivity contribution in [3.63, 3.8) is 0 Å². The molecule has 0 aliphatic carbocycles. The quantitative estimate of drug-likeness (QED) is 0.695. The maximum absolute atomic E-state index is 5.84. The number of hydrogen-bond acceptors (Lipinski definition) is 2. The number of methoxy groups -OCH3 is 1. The van der Waals surface area contributed by atoms with Crippen molar-refractivity contribution in [2.24, 2.45) is 0 Å². The number of halogens is 1. The highest BCUT2D eigenvalue weighted by Crippen LogP contribution is 2.15. The van der Waals surface area contributed by atoms with Crippen LogP contribution in [0.25, 0.3) is 0 Å². The van der Waals surface area contributed by atoms with Gasteiger partial charge in [-0.15, -0.1) is 11.6 Å².